The van der Waals surface area contributed by atoms with Gasteiger partial charge in [0.2, 0.25) is 0 Å². The summed E-state index contributed by atoms with van der Waals surface area (Å²) >= 11 is 12.9. The van der Waals surface area contributed by atoms with E-state index in [4.69, 9.17) is 11.6 Å². The third-order valence-corrected chi connectivity index (χ3v) is 3.87. The number of fused-ring (bicyclic) bond motifs is 1. The van der Waals surface area contributed by atoms with Gasteiger partial charge in [-0.15, -0.1) is 10.2 Å². The van der Waals surface area contributed by atoms with Gasteiger partial charge in [-0.25, -0.2) is 4.98 Å². The molecule has 7 heteroatoms. The second kappa shape index (κ2) is 4.60. The molecule has 0 N–H and O–H groups in total. The van der Waals surface area contributed by atoms with Crippen LogP contribution < -0.4 is 0 Å². The minimum atomic E-state index is 0.337. The van der Waals surface area contributed by atoms with E-state index in [0.29, 0.717) is 16.6 Å². The maximum absolute atomic E-state index is 5.97. The van der Waals surface area contributed by atoms with Crippen molar-refractivity contribution in [3.05, 3.63) is 44.7 Å². The Morgan fingerprint density at radius 2 is 2.00 bits per heavy atom. The Labute approximate surface area is 124 Å². The van der Waals surface area contributed by atoms with Gasteiger partial charge in [-0.05, 0) is 34.1 Å². The lowest BCUT2D eigenvalue weighted by molar-refractivity contribution is 1.11. The molecule has 4 nitrogen and oxygen atoms in total. The lowest BCUT2D eigenvalue weighted by atomic mass is 10.2. The van der Waals surface area contributed by atoms with Crippen LogP contribution in [0, 0.1) is 0 Å². The second-order valence-electron chi connectivity index (χ2n) is 3.56. The number of hydrogen-bond donors (Lipinski definition) is 0. The largest absolute Gasteiger partial charge is 0.278 e. The molecule has 3 aromatic rings. The molecule has 0 amide bonds. The van der Waals surface area contributed by atoms with Crippen LogP contribution in [0.3, 0.4) is 0 Å². The summed E-state index contributed by atoms with van der Waals surface area (Å²) in [7, 11) is 0. The Kier molecular flexibility index (Phi) is 3.09. The third kappa shape index (κ3) is 1.94. The first kappa shape index (κ1) is 12.1. The topological polar surface area (TPSA) is 43.1 Å². The van der Waals surface area contributed by atoms with Crippen molar-refractivity contribution in [3.63, 3.8) is 0 Å². The van der Waals surface area contributed by atoms with E-state index in [2.05, 4.69) is 47.0 Å². The highest BCUT2D eigenvalue weighted by Gasteiger charge is 2.13. The summed E-state index contributed by atoms with van der Waals surface area (Å²) in [4.78, 5) is 3.97. The minimum absolute atomic E-state index is 0.337. The van der Waals surface area contributed by atoms with Gasteiger partial charge >= 0.3 is 0 Å². The SMILES string of the molecule is Clc1nccn2c(-c3ccc(Br)cc3Br)nnc12. The molecule has 90 valence electrons. The number of rotatable bonds is 1. The first-order valence-corrected chi connectivity index (χ1v) is 6.94. The van der Waals surface area contributed by atoms with Crippen molar-refractivity contribution in [1.82, 2.24) is 19.6 Å². The normalized spacial score (nSPS) is 11.1. The maximum atomic E-state index is 5.97. The Hall–Kier alpha value is -0.980. The molecule has 0 radical (unpaired) electrons. The fraction of sp³-hybridized carbons (Fsp3) is 0. The predicted octanol–water partition coefficient (Wildman–Crippen LogP) is 3.97. The highest BCUT2D eigenvalue weighted by Crippen LogP contribution is 2.30. The molecule has 0 saturated carbocycles. The molecular formula is C11H5Br2ClN4. The fourth-order valence-corrected chi connectivity index (χ4v) is 3.06. The van der Waals surface area contributed by atoms with Crippen LogP contribution >= 0.6 is 43.5 Å². The first-order valence-electron chi connectivity index (χ1n) is 4.97. The van der Waals surface area contributed by atoms with Crippen molar-refractivity contribution < 1.29 is 0 Å². The molecule has 3 rings (SSSR count). The molecule has 18 heavy (non-hydrogen) atoms. The van der Waals surface area contributed by atoms with Gasteiger partial charge in [0, 0.05) is 26.9 Å². The lowest BCUT2D eigenvalue weighted by Gasteiger charge is -2.03. The molecule has 0 bridgehead atoms. The van der Waals surface area contributed by atoms with Crippen LogP contribution in [0.5, 0.6) is 0 Å². The summed E-state index contributed by atoms with van der Waals surface area (Å²) in [5.74, 6) is 0.716. The van der Waals surface area contributed by atoms with Gasteiger partial charge in [-0.3, -0.25) is 4.40 Å². The summed E-state index contributed by atoms with van der Waals surface area (Å²) in [6.07, 6.45) is 3.40. The van der Waals surface area contributed by atoms with E-state index in [9.17, 15) is 0 Å². The van der Waals surface area contributed by atoms with Crippen molar-refractivity contribution in [2.75, 3.05) is 0 Å². The number of aromatic nitrogens is 4. The van der Waals surface area contributed by atoms with Crippen LogP contribution in [0.25, 0.3) is 17.0 Å². The molecule has 0 spiro atoms. The van der Waals surface area contributed by atoms with Crippen LogP contribution in [0.4, 0.5) is 0 Å². The van der Waals surface area contributed by atoms with Crippen molar-refractivity contribution >= 4 is 49.1 Å². The summed E-state index contributed by atoms with van der Waals surface area (Å²) < 4.78 is 3.73. The highest BCUT2D eigenvalue weighted by molar-refractivity contribution is 9.11. The van der Waals surface area contributed by atoms with Crippen LogP contribution in [0.1, 0.15) is 0 Å². The second-order valence-corrected chi connectivity index (χ2v) is 5.69. The first-order chi connectivity index (χ1) is 8.66. The van der Waals surface area contributed by atoms with E-state index >= 15 is 0 Å². The van der Waals surface area contributed by atoms with Crippen LogP contribution in [-0.2, 0) is 0 Å². The van der Waals surface area contributed by atoms with Crippen LogP contribution in [-0.4, -0.2) is 19.6 Å². The average molecular weight is 388 g/mol. The Morgan fingerprint density at radius 3 is 2.78 bits per heavy atom. The van der Waals surface area contributed by atoms with Crippen molar-refractivity contribution in [2.45, 2.75) is 0 Å². The molecule has 0 saturated heterocycles. The summed E-state index contributed by atoms with van der Waals surface area (Å²) in [6.45, 7) is 0. The smallest absolute Gasteiger partial charge is 0.198 e. The zero-order chi connectivity index (χ0) is 12.7. The van der Waals surface area contributed by atoms with Gasteiger partial charge < -0.3 is 0 Å². The molecular weight excluding hydrogens is 383 g/mol. The zero-order valence-electron chi connectivity index (χ0n) is 8.81. The van der Waals surface area contributed by atoms with Gasteiger partial charge in [-0.1, -0.05) is 27.5 Å². The Bertz CT molecular complexity index is 741. The Balaban J connectivity index is 2.29. The van der Waals surface area contributed by atoms with Gasteiger partial charge in [0.05, 0.1) is 0 Å². The van der Waals surface area contributed by atoms with E-state index in [1.165, 1.54) is 0 Å². The van der Waals surface area contributed by atoms with Crippen molar-refractivity contribution in [3.8, 4) is 11.4 Å². The van der Waals surface area contributed by atoms with Gasteiger partial charge in [0.25, 0.3) is 0 Å². The molecule has 1 aromatic carbocycles. The monoisotopic (exact) mass is 386 g/mol. The third-order valence-electron chi connectivity index (χ3n) is 2.46. The lowest BCUT2D eigenvalue weighted by Crippen LogP contribution is -1.91. The molecule has 0 aliphatic carbocycles. The fourth-order valence-electron chi connectivity index (χ4n) is 1.65. The summed E-state index contributed by atoms with van der Waals surface area (Å²) in [5, 5.41) is 8.54. The number of halogens is 3. The predicted molar refractivity (Wildman–Crippen MR) is 76.6 cm³/mol. The summed E-state index contributed by atoms with van der Waals surface area (Å²) in [5.41, 5.74) is 1.48. The minimum Gasteiger partial charge on any atom is -0.278 e. The van der Waals surface area contributed by atoms with E-state index in [1.807, 2.05) is 22.6 Å². The molecule has 2 heterocycles. The molecule has 0 aliphatic heterocycles. The van der Waals surface area contributed by atoms with Crippen molar-refractivity contribution in [2.24, 2.45) is 0 Å². The number of hydrogen-bond acceptors (Lipinski definition) is 3. The van der Waals surface area contributed by atoms with Crippen LogP contribution in [0.2, 0.25) is 5.15 Å². The molecule has 0 unspecified atom stereocenters. The van der Waals surface area contributed by atoms with E-state index in [0.717, 1.165) is 14.5 Å². The quantitative estimate of drug-likeness (QED) is 0.634. The maximum Gasteiger partial charge on any atom is 0.198 e. The molecule has 2 aromatic heterocycles. The number of nitrogens with zero attached hydrogens (tertiary/aromatic N) is 4. The van der Waals surface area contributed by atoms with Crippen LogP contribution in [0.15, 0.2) is 39.5 Å². The highest BCUT2D eigenvalue weighted by atomic mass is 79.9. The zero-order valence-corrected chi connectivity index (χ0v) is 12.7. The van der Waals surface area contributed by atoms with Gasteiger partial charge in [0.1, 0.15) is 0 Å². The standard InChI is InChI=1S/C11H5Br2ClN4/c12-6-1-2-7(8(13)5-6)10-16-17-11-9(14)15-3-4-18(10)11/h1-5H. The van der Waals surface area contributed by atoms with Crippen molar-refractivity contribution in [1.29, 1.82) is 0 Å². The Morgan fingerprint density at radius 1 is 1.17 bits per heavy atom. The molecule has 0 aliphatic rings. The molecule has 0 fully saturated rings. The van der Waals surface area contributed by atoms with Gasteiger partial charge in [0.15, 0.2) is 16.6 Å². The number of benzene rings is 1. The summed E-state index contributed by atoms with van der Waals surface area (Å²) in [6, 6.07) is 5.86. The van der Waals surface area contributed by atoms with Gasteiger partial charge in [-0.2, -0.15) is 0 Å². The van der Waals surface area contributed by atoms with E-state index in [1.54, 1.807) is 12.4 Å². The van der Waals surface area contributed by atoms with E-state index in [-0.39, 0.29) is 0 Å². The average Bonchev–Trinajstić information content (AvgIpc) is 2.74. The van der Waals surface area contributed by atoms with E-state index < -0.39 is 0 Å². The molecule has 0 atom stereocenters.